The van der Waals surface area contributed by atoms with Crippen molar-refractivity contribution < 1.29 is 14.6 Å². The smallest absolute Gasteiger partial charge is 0.305 e. The van der Waals surface area contributed by atoms with Crippen molar-refractivity contribution in [2.75, 3.05) is 6.61 Å². The molecule has 0 bridgehead atoms. The zero-order valence-electron chi connectivity index (χ0n) is 12.3. The average Bonchev–Trinajstić information content (AvgIpc) is 2.14. The molecule has 0 fully saturated rings. The molecular formula is C14H28O3Si. The average molecular weight is 272 g/mol. The van der Waals surface area contributed by atoms with Crippen molar-refractivity contribution in [3.05, 3.63) is 12.2 Å². The molecule has 4 heteroatoms. The minimum absolute atomic E-state index is 0.175. The van der Waals surface area contributed by atoms with E-state index in [2.05, 4.69) is 26.2 Å². The highest BCUT2D eigenvalue weighted by Crippen LogP contribution is 2.20. The normalized spacial score (nSPS) is 13.2. The van der Waals surface area contributed by atoms with Crippen LogP contribution < -0.4 is 0 Å². The van der Waals surface area contributed by atoms with Crippen LogP contribution in [-0.4, -0.2) is 31.9 Å². The summed E-state index contributed by atoms with van der Waals surface area (Å²) in [4.78, 5) is 11.1. The minimum atomic E-state index is -1.13. The molecule has 0 radical (unpaired) electrons. The van der Waals surface area contributed by atoms with Crippen molar-refractivity contribution >= 4 is 14.0 Å². The first-order valence-corrected chi connectivity index (χ1v) is 10.5. The second kappa shape index (κ2) is 8.48. The standard InChI is InChI=1S/C14H28O3Si/c1-6-17-14(16)9-7-8-13(15)10-12(2)11-18(3,4)5/h13,15H,2,6-11H2,1,3-5H3. The molecule has 0 rings (SSSR count). The Morgan fingerprint density at radius 2 is 2.00 bits per heavy atom. The fraction of sp³-hybridized carbons (Fsp3) is 0.786. The highest BCUT2D eigenvalue weighted by molar-refractivity contribution is 6.76. The largest absolute Gasteiger partial charge is 0.466 e. The second-order valence-corrected chi connectivity index (χ2v) is 11.5. The van der Waals surface area contributed by atoms with Gasteiger partial charge in [-0.25, -0.2) is 0 Å². The summed E-state index contributed by atoms with van der Waals surface area (Å²) in [7, 11) is -1.13. The lowest BCUT2D eigenvalue weighted by Crippen LogP contribution is -2.21. The van der Waals surface area contributed by atoms with E-state index in [1.165, 1.54) is 0 Å². The van der Waals surface area contributed by atoms with E-state index in [1.807, 2.05) is 0 Å². The molecule has 1 N–H and O–H groups in total. The van der Waals surface area contributed by atoms with Crippen molar-refractivity contribution in [3.8, 4) is 0 Å². The summed E-state index contributed by atoms with van der Waals surface area (Å²) in [5.74, 6) is -0.175. The Kier molecular flexibility index (Phi) is 8.19. The van der Waals surface area contributed by atoms with Crippen LogP contribution in [0, 0.1) is 0 Å². The summed E-state index contributed by atoms with van der Waals surface area (Å²) >= 11 is 0. The quantitative estimate of drug-likeness (QED) is 0.398. The molecule has 0 aromatic heterocycles. The molecule has 0 saturated heterocycles. The third kappa shape index (κ3) is 10.5. The number of hydrogen-bond donors (Lipinski definition) is 1. The fourth-order valence-electron chi connectivity index (χ4n) is 1.97. The summed E-state index contributed by atoms with van der Waals surface area (Å²) in [5, 5.41) is 9.86. The Labute approximate surface area is 112 Å². The molecule has 0 aliphatic rings. The predicted molar refractivity (Wildman–Crippen MR) is 78.4 cm³/mol. The van der Waals surface area contributed by atoms with Gasteiger partial charge in [0.25, 0.3) is 0 Å². The molecule has 18 heavy (non-hydrogen) atoms. The molecule has 1 unspecified atom stereocenters. The van der Waals surface area contributed by atoms with Crippen LogP contribution in [0.3, 0.4) is 0 Å². The molecule has 1 atom stereocenters. The van der Waals surface area contributed by atoms with Gasteiger partial charge in [0.1, 0.15) is 0 Å². The number of carbonyl (C=O) groups excluding carboxylic acids is 1. The van der Waals surface area contributed by atoms with Gasteiger partial charge < -0.3 is 9.84 Å². The summed E-state index contributed by atoms with van der Waals surface area (Å²) < 4.78 is 4.84. The highest BCUT2D eigenvalue weighted by atomic mass is 28.3. The zero-order chi connectivity index (χ0) is 14.2. The van der Waals surface area contributed by atoms with Gasteiger partial charge >= 0.3 is 5.97 Å². The predicted octanol–water partition coefficient (Wildman–Crippen LogP) is 3.37. The van der Waals surface area contributed by atoms with E-state index in [1.54, 1.807) is 6.92 Å². The minimum Gasteiger partial charge on any atom is -0.466 e. The monoisotopic (exact) mass is 272 g/mol. The maximum absolute atomic E-state index is 11.1. The molecule has 0 aromatic carbocycles. The van der Waals surface area contributed by atoms with Crippen molar-refractivity contribution in [3.63, 3.8) is 0 Å². The number of ether oxygens (including phenoxy) is 1. The number of esters is 1. The van der Waals surface area contributed by atoms with Crippen LogP contribution in [-0.2, 0) is 9.53 Å². The van der Waals surface area contributed by atoms with Crippen molar-refractivity contribution in [1.82, 2.24) is 0 Å². The molecule has 0 aliphatic carbocycles. The first kappa shape index (κ1) is 17.4. The van der Waals surface area contributed by atoms with Gasteiger partial charge in [-0.3, -0.25) is 4.79 Å². The van der Waals surface area contributed by atoms with Gasteiger partial charge in [-0.2, -0.15) is 0 Å². The summed E-state index contributed by atoms with van der Waals surface area (Å²) in [6.45, 7) is 13.2. The third-order valence-corrected chi connectivity index (χ3v) is 4.09. The number of rotatable bonds is 9. The fourth-order valence-corrected chi connectivity index (χ4v) is 3.62. The van der Waals surface area contributed by atoms with E-state index in [0.717, 1.165) is 11.6 Å². The van der Waals surface area contributed by atoms with Gasteiger partial charge in [-0.1, -0.05) is 25.2 Å². The molecule has 0 heterocycles. The van der Waals surface area contributed by atoms with Gasteiger partial charge in [0, 0.05) is 14.5 Å². The van der Waals surface area contributed by atoms with Gasteiger partial charge in [0.05, 0.1) is 12.7 Å². The molecule has 0 aromatic rings. The lowest BCUT2D eigenvalue weighted by molar-refractivity contribution is -0.143. The van der Waals surface area contributed by atoms with Gasteiger partial charge in [0.2, 0.25) is 0 Å². The lowest BCUT2D eigenvalue weighted by Gasteiger charge is -2.19. The summed E-state index contributed by atoms with van der Waals surface area (Å²) in [6.07, 6.45) is 2.01. The summed E-state index contributed by atoms with van der Waals surface area (Å²) in [5.41, 5.74) is 1.14. The molecule has 0 saturated carbocycles. The zero-order valence-corrected chi connectivity index (χ0v) is 13.3. The van der Waals surface area contributed by atoms with Crippen LogP contribution >= 0.6 is 0 Å². The van der Waals surface area contributed by atoms with E-state index in [0.29, 0.717) is 32.3 Å². The van der Waals surface area contributed by atoms with Crippen molar-refractivity contribution in [1.29, 1.82) is 0 Å². The van der Waals surface area contributed by atoms with E-state index >= 15 is 0 Å². The first-order chi connectivity index (χ1) is 8.24. The van der Waals surface area contributed by atoms with E-state index < -0.39 is 8.07 Å². The van der Waals surface area contributed by atoms with Gasteiger partial charge in [-0.05, 0) is 32.2 Å². The number of carbonyl (C=O) groups is 1. The Hall–Kier alpha value is -0.613. The van der Waals surface area contributed by atoms with E-state index in [-0.39, 0.29) is 12.1 Å². The van der Waals surface area contributed by atoms with Crippen molar-refractivity contribution in [2.24, 2.45) is 0 Å². The molecule has 0 aliphatic heterocycles. The maximum atomic E-state index is 11.1. The number of hydrogen-bond acceptors (Lipinski definition) is 3. The Balaban J connectivity index is 3.74. The Bertz CT molecular complexity index is 269. The van der Waals surface area contributed by atoms with Crippen LogP contribution in [0.4, 0.5) is 0 Å². The van der Waals surface area contributed by atoms with Crippen LogP contribution in [0.5, 0.6) is 0 Å². The SMILES string of the molecule is C=C(CC(O)CCCC(=O)OCC)C[Si](C)(C)C. The molecule has 0 spiro atoms. The Morgan fingerprint density at radius 3 is 2.50 bits per heavy atom. The van der Waals surface area contributed by atoms with Crippen LogP contribution in [0.25, 0.3) is 0 Å². The third-order valence-electron chi connectivity index (χ3n) is 2.53. The molecular weight excluding hydrogens is 244 g/mol. The van der Waals surface area contributed by atoms with E-state index in [9.17, 15) is 9.90 Å². The lowest BCUT2D eigenvalue weighted by atomic mass is 10.1. The summed E-state index contributed by atoms with van der Waals surface area (Å²) in [6, 6.07) is 1.06. The molecule has 0 amide bonds. The van der Waals surface area contributed by atoms with Crippen LogP contribution in [0.15, 0.2) is 12.2 Å². The van der Waals surface area contributed by atoms with Crippen LogP contribution in [0.2, 0.25) is 25.7 Å². The molecule has 106 valence electrons. The number of aliphatic hydroxyl groups is 1. The number of aliphatic hydroxyl groups excluding tert-OH is 1. The van der Waals surface area contributed by atoms with E-state index in [4.69, 9.17) is 4.74 Å². The highest BCUT2D eigenvalue weighted by Gasteiger charge is 2.16. The Morgan fingerprint density at radius 1 is 1.39 bits per heavy atom. The molecule has 3 nitrogen and oxygen atoms in total. The maximum Gasteiger partial charge on any atom is 0.305 e. The van der Waals surface area contributed by atoms with Crippen LogP contribution in [0.1, 0.15) is 32.6 Å². The first-order valence-electron chi connectivity index (χ1n) is 6.75. The van der Waals surface area contributed by atoms with Gasteiger partial charge in [0.15, 0.2) is 0 Å². The second-order valence-electron chi connectivity index (χ2n) is 6.04. The topological polar surface area (TPSA) is 46.5 Å². The van der Waals surface area contributed by atoms with Gasteiger partial charge in [-0.15, -0.1) is 6.58 Å². The van der Waals surface area contributed by atoms with Crippen molar-refractivity contribution in [2.45, 2.75) is 64.4 Å².